The van der Waals surface area contributed by atoms with Gasteiger partial charge >= 0.3 is 0 Å². The van der Waals surface area contributed by atoms with Gasteiger partial charge in [0.05, 0.1) is 23.9 Å². The molecule has 3 aromatic heterocycles. The first-order valence-electron chi connectivity index (χ1n) is 12.4. The fourth-order valence-electron chi connectivity index (χ4n) is 5.56. The molecule has 184 valence electrons. The molecule has 1 saturated carbocycles. The lowest BCUT2D eigenvalue weighted by Gasteiger charge is -2.28. The van der Waals surface area contributed by atoms with Crippen molar-refractivity contribution >= 4 is 23.0 Å². The first-order chi connectivity index (χ1) is 17.6. The second-order valence-corrected chi connectivity index (χ2v) is 9.88. The molecule has 2 aliphatic rings. The van der Waals surface area contributed by atoms with Crippen LogP contribution in [-0.2, 0) is 0 Å². The van der Waals surface area contributed by atoms with Crippen LogP contribution >= 0.6 is 12.2 Å². The topological polar surface area (TPSA) is 73.0 Å². The van der Waals surface area contributed by atoms with Crippen molar-refractivity contribution in [3.8, 4) is 5.75 Å². The number of nitrogens with zero attached hydrogens (tertiary/aromatic N) is 6. The molecule has 6 rings (SSSR count). The Morgan fingerprint density at radius 2 is 1.75 bits per heavy atom. The van der Waals surface area contributed by atoms with Crippen molar-refractivity contribution in [3.05, 3.63) is 90.0 Å². The standard InChI is InChI=1S/C27H29N7OS/c1-18-15-23(19(2)34(18)32-16-29-30-17-32)26-25(24-9-5-6-14-28-24)31-27(36)33(26)20-10-12-22(13-11-20)35-21-7-3-4-8-21/h5-6,9-17,21,25-26H,3-4,7-8H2,1-2H3,(H,31,36)/t25-,26+/m0/s1. The number of nitrogens with one attached hydrogen (secondary N) is 1. The molecular weight excluding hydrogens is 470 g/mol. The highest BCUT2D eigenvalue weighted by Crippen LogP contribution is 2.43. The number of rotatable bonds is 6. The van der Waals surface area contributed by atoms with E-state index >= 15 is 0 Å². The number of benzene rings is 1. The van der Waals surface area contributed by atoms with E-state index < -0.39 is 0 Å². The van der Waals surface area contributed by atoms with Crippen LogP contribution in [0.3, 0.4) is 0 Å². The molecule has 9 heteroatoms. The van der Waals surface area contributed by atoms with Crippen LogP contribution in [0.5, 0.6) is 5.75 Å². The highest BCUT2D eigenvalue weighted by molar-refractivity contribution is 7.80. The summed E-state index contributed by atoms with van der Waals surface area (Å²) in [4.78, 5) is 6.88. The van der Waals surface area contributed by atoms with Gasteiger partial charge in [0, 0.05) is 28.8 Å². The first-order valence-corrected chi connectivity index (χ1v) is 12.8. The van der Waals surface area contributed by atoms with Crippen LogP contribution in [-0.4, -0.2) is 35.7 Å². The number of thiocarbonyl (C=S) groups is 1. The summed E-state index contributed by atoms with van der Waals surface area (Å²) in [6.45, 7) is 4.21. The Balaban J connectivity index is 1.40. The molecule has 1 aliphatic carbocycles. The molecule has 0 amide bonds. The minimum absolute atomic E-state index is 0.0922. The van der Waals surface area contributed by atoms with Crippen LogP contribution in [0.4, 0.5) is 5.69 Å². The van der Waals surface area contributed by atoms with E-state index in [1.165, 1.54) is 12.8 Å². The van der Waals surface area contributed by atoms with Crippen molar-refractivity contribution in [2.24, 2.45) is 0 Å². The smallest absolute Gasteiger partial charge is 0.174 e. The summed E-state index contributed by atoms with van der Waals surface area (Å²) >= 11 is 5.91. The summed E-state index contributed by atoms with van der Waals surface area (Å²) in [5.41, 5.74) is 5.30. The van der Waals surface area contributed by atoms with Crippen LogP contribution < -0.4 is 15.0 Å². The fourth-order valence-corrected chi connectivity index (χ4v) is 5.91. The highest BCUT2D eigenvalue weighted by atomic mass is 32.1. The molecular formula is C27H29N7OS. The summed E-state index contributed by atoms with van der Waals surface area (Å²) in [5.74, 6) is 0.910. The number of hydrogen-bond donors (Lipinski definition) is 1. The van der Waals surface area contributed by atoms with E-state index in [1.54, 1.807) is 12.7 Å². The molecule has 1 N–H and O–H groups in total. The van der Waals surface area contributed by atoms with Gasteiger partial charge in [-0.05, 0) is 94.2 Å². The number of aromatic nitrogens is 5. The van der Waals surface area contributed by atoms with Crippen LogP contribution in [0.15, 0.2) is 67.4 Å². The van der Waals surface area contributed by atoms with Gasteiger partial charge in [-0.15, -0.1) is 10.2 Å². The second kappa shape index (κ2) is 9.39. The summed E-state index contributed by atoms with van der Waals surface area (Å²) in [6, 6.07) is 16.3. The molecule has 2 atom stereocenters. The Morgan fingerprint density at radius 3 is 2.44 bits per heavy atom. The van der Waals surface area contributed by atoms with Gasteiger partial charge in [-0.2, -0.15) is 0 Å². The predicted molar refractivity (Wildman–Crippen MR) is 142 cm³/mol. The molecule has 4 heterocycles. The predicted octanol–water partition coefficient (Wildman–Crippen LogP) is 4.90. The van der Waals surface area contributed by atoms with E-state index in [4.69, 9.17) is 17.0 Å². The molecule has 0 unspecified atom stereocenters. The Kier molecular flexibility index (Phi) is 5.92. The lowest BCUT2D eigenvalue weighted by atomic mass is 9.96. The monoisotopic (exact) mass is 499 g/mol. The molecule has 36 heavy (non-hydrogen) atoms. The summed E-state index contributed by atoms with van der Waals surface area (Å²) in [7, 11) is 0. The van der Waals surface area contributed by atoms with E-state index in [1.807, 2.05) is 29.1 Å². The minimum Gasteiger partial charge on any atom is -0.490 e. The van der Waals surface area contributed by atoms with Gasteiger partial charge in [-0.25, -0.2) is 4.68 Å². The van der Waals surface area contributed by atoms with E-state index in [0.717, 1.165) is 46.9 Å². The molecule has 0 radical (unpaired) electrons. The summed E-state index contributed by atoms with van der Waals surface area (Å²) < 4.78 is 10.2. The zero-order valence-electron chi connectivity index (χ0n) is 20.4. The normalized spacial score (nSPS) is 20.2. The van der Waals surface area contributed by atoms with Crippen molar-refractivity contribution in [3.63, 3.8) is 0 Å². The van der Waals surface area contributed by atoms with Gasteiger partial charge in [0.2, 0.25) is 0 Å². The summed E-state index contributed by atoms with van der Waals surface area (Å²) in [5, 5.41) is 12.2. The quantitative estimate of drug-likeness (QED) is 0.378. The van der Waals surface area contributed by atoms with Crippen LogP contribution in [0.2, 0.25) is 0 Å². The molecule has 1 aromatic carbocycles. The maximum absolute atomic E-state index is 6.21. The molecule has 4 aromatic rings. The van der Waals surface area contributed by atoms with Crippen LogP contribution in [0.1, 0.15) is 60.4 Å². The van der Waals surface area contributed by atoms with Gasteiger partial charge < -0.3 is 15.0 Å². The average Bonchev–Trinajstić information content (AvgIpc) is 3.69. The van der Waals surface area contributed by atoms with Crippen molar-refractivity contribution in [1.29, 1.82) is 0 Å². The third-order valence-corrected chi connectivity index (χ3v) is 7.52. The zero-order chi connectivity index (χ0) is 24.6. The van der Waals surface area contributed by atoms with Crippen molar-refractivity contribution < 1.29 is 4.74 Å². The van der Waals surface area contributed by atoms with Crippen molar-refractivity contribution in [2.45, 2.75) is 57.7 Å². The Hall–Kier alpha value is -3.72. The van der Waals surface area contributed by atoms with Gasteiger partial charge in [0.1, 0.15) is 18.4 Å². The molecule has 0 spiro atoms. The SMILES string of the molecule is Cc1cc([C@@H]2[C@H](c3ccccn3)NC(=S)N2c2ccc(OC3CCCC3)cc2)c(C)n1-n1cnnc1. The van der Waals surface area contributed by atoms with E-state index in [0.29, 0.717) is 11.2 Å². The van der Waals surface area contributed by atoms with Gasteiger partial charge in [-0.1, -0.05) is 6.07 Å². The molecule has 1 aliphatic heterocycles. The molecule has 2 fully saturated rings. The van der Waals surface area contributed by atoms with Crippen molar-refractivity contribution in [2.75, 3.05) is 4.90 Å². The maximum atomic E-state index is 6.21. The van der Waals surface area contributed by atoms with Gasteiger partial charge in [0.25, 0.3) is 0 Å². The number of anilines is 1. The lowest BCUT2D eigenvalue weighted by molar-refractivity contribution is 0.210. The van der Waals surface area contributed by atoms with Crippen LogP contribution in [0, 0.1) is 13.8 Å². The Morgan fingerprint density at radius 1 is 1.00 bits per heavy atom. The number of pyridine rings is 1. The average molecular weight is 500 g/mol. The number of ether oxygens (including phenoxy) is 1. The second-order valence-electron chi connectivity index (χ2n) is 9.49. The lowest BCUT2D eigenvalue weighted by Crippen LogP contribution is -2.29. The zero-order valence-corrected chi connectivity index (χ0v) is 21.2. The fraction of sp³-hybridized carbons (Fsp3) is 0.333. The number of hydrogen-bond acceptors (Lipinski definition) is 5. The maximum Gasteiger partial charge on any atom is 0.174 e. The van der Waals surface area contributed by atoms with Crippen molar-refractivity contribution in [1.82, 2.24) is 29.9 Å². The van der Waals surface area contributed by atoms with E-state index in [2.05, 4.69) is 74.3 Å². The first kappa shape index (κ1) is 22.7. The molecule has 1 saturated heterocycles. The Bertz CT molecular complexity index is 1350. The number of aryl methyl sites for hydroxylation is 1. The molecule has 0 bridgehead atoms. The van der Waals surface area contributed by atoms with Gasteiger partial charge in [-0.3, -0.25) is 9.66 Å². The van der Waals surface area contributed by atoms with Gasteiger partial charge in [0.15, 0.2) is 5.11 Å². The largest absolute Gasteiger partial charge is 0.490 e. The van der Waals surface area contributed by atoms with E-state index in [9.17, 15) is 0 Å². The Labute approximate surface area is 215 Å². The summed E-state index contributed by atoms with van der Waals surface area (Å²) in [6.07, 6.45) is 10.3. The van der Waals surface area contributed by atoms with Crippen LogP contribution in [0.25, 0.3) is 0 Å². The third-order valence-electron chi connectivity index (χ3n) is 7.21. The minimum atomic E-state index is -0.108. The highest BCUT2D eigenvalue weighted by Gasteiger charge is 2.42. The third kappa shape index (κ3) is 4.03. The molecule has 8 nitrogen and oxygen atoms in total. The van der Waals surface area contributed by atoms with E-state index in [-0.39, 0.29) is 12.1 Å².